The molecule has 6 aromatic rings. The van der Waals surface area contributed by atoms with Crippen molar-refractivity contribution in [1.82, 2.24) is 109 Å². The number of hydrogen-bond donors (Lipinski definition) is 10. The maximum Gasteiger partial charge on any atom is 3.00 e. The summed E-state index contributed by atoms with van der Waals surface area (Å²) in [6, 6.07) is 3.18. The molecule has 0 spiro atoms. The number of aromatic nitrogens is 14. The van der Waals surface area contributed by atoms with Crippen molar-refractivity contribution in [2.24, 2.45) is 0 Å². The smallest absolute Gasteiger partial charge is 0.491 e. The normalized spacial score (nSPS) is 23.3. The number of nitrogens with one attached hydrogen (secondary N) is 4. The number of hydrogen-bond acceptors (Lipinski definition) is 40. The van der Waals surface area contributed by atoms with Gasteiger partial charge in [0.25, 0.3) is 34.7 Å². The molecule has 2 fully saturated rings. The SMILES string of the molecule is CO[C@]1(C)OC2=C(O[C@@]1(C)OC)c1nc2nc2nc(nc3[nH]c(nc4[nH]c(n1)c1c4O[C@@](C)(OC)[C@](C)(OC)O1)c1c3O[C@@](C)(OC)[C@](C)(OC)O1)-c1c(OCCn3cc(NC(=O)CN4CCN(CC(=O)O)CCN(CC(=O)O)CCN(CC(=O)O)CC4)nn3)ccc(OCCn3cc(NC(=O)CN4CCN(CC(=O)O)CCN(CC(=O)O)CCN(CC(=O)O)CC4)nn3)c1-2.[Cu+2].[Gd+3]. The first-order chi connectivity index (χ1) is 61.9. The van der Waals surface area contributed by atoms with Crippen LogP contribution in [0.2, 0.25) is 0 Å². The predicted octanol–water partition coefficient (Wildman–Crippen LogP) is -1.01. The third-order valence-corrected chi connectivity index (χ3v) is 23.3. The average molecular weight is 2050 g/mol. The first-order valence-corrected chi connectivity index (χ1v) is 41.3. The van der Waals surface area contributed by atoms with E-state index in [0.29, 0.717) is 0 Å². The van der Waals surface area contributed by atoms with Crippen LogP contribution in [0.5, 0.6) is 34.5 Å². The molecule has 7 aliphatic heterocycles. The molecule has 6 atom stereocenters. The number of methoxy groups -OCH3 is 6. The molecule has 13 rings (SSSR count). The Morgan fingerprint density at radius 3 is 0.871 bits per heavy atom. The second kappa shape index (κ2) is 43.3. The number of carbonyl (C=O) groups excluding carboxylic acids is 2. The van der Waals surface area contributed by atoms with Gasteiger partial charge in [-0.1, -0.05) is 10.4 Å². The Morgan fingerprint density at radius 1 is 0.356 bits per heavy atom. The van der Waals surface area contributed by atoms with Crippen LogP contribution in [-0.4, -0.2) is 435 Å². The van der Waals surface area contributed by atoms with E-state index in [4.69, 9.17) is 96.2 Å². The second-order valence-electron chi connectivity index (χ2n) is 32.0. The zero-order chi connectivity index (χ0) is 93.4. The fourth-order valence-corrected chi connectivity index (χ4v) is 15.2. The van der Waals surface area contributed by atoms with Gasteiger partial charge < -0.3 is 118 Å². The molecule has 132 heavy (non-hydrogen) atoms. The number of benzene rings is 1. The van der Waals surface area contributed by atoms with Gasteiger partial charge in [0.05, 0.1) is 89.0 Å². The fourth-order valence-electron chi connectivity index (χ4n) is 15.2. The summed E-state index contributed by atoms with van der Waals surface area (Å²) in [5.41, 5.74) is 0.00562. The Balaban J connectivity index is 0.00000840. The number of nitrogens with zero attached hydrogens (tertiary/aromatic N) is 20. The number of carbonyl (C=O) groups is 8. The molecule has 0 unspecified atom stereocenters. The van der Waals surface area contributed by atoms with Crippen LogP contribution in [0.4, 0.5) is 11.6 Å². The summed E-state index contributed by atoms with van der Waals surface area (Å²) in [5, 5.41) is 81.1. The molecule has 52 nitrogen and oxygen atoms in total. The largest absolute Gasteiger partial charge is 3.00 e. The van der Waals surface area contributed by atoms with Gasteiger partial charge in [-0.15, -0.1) is 10.2 Å². The molecule has 8 bridgehead atoms. The van der Waals surface area contributed by atoms with Crippen molar-refractivity contribution in [2.75, 3.05) is 224 Å². The number of aromatic amines is 2. The minimum absolute atomic E-state index is 0. The van der Waals surface area contributed by atoms with E-state index in [-0.39, 0.29) is 355 Å². The maximum absolute atomic E-state index is 14.0. The van der Waals surface area contributed by atoms with Crippen LogP contribution in [-0.2, 0) is 106 Å². The summed E-state index contributed by atoms with van der Waals surface area (Å²) in [6.07, 6.45) is 2.93. The molecule has 54 heteroatoms. The van der Waals surface area contributed by atoms with Crippen LogP contribution in [0.15, 0.2) is 24.5 Å². The molecule has 5 aromatic heterocycles. The molecule has 7 aliphatic rings. The van der Waals surface area contributed by atoms with Crippen molar-refractivity contribution < 1.29 is 192 Å². The second-order valence-corrected chi connectivity index (χ2v) is 32.0. The zero-order valence-corrected chi connectivity index (χ0v) is 77.6. The van der Waals surface area contributed by atoms with E-state index < -0.39 is 82.4 Å². The molecule has 720 valence electrons. The number of aliphatic carboxylic acids is 6. The van der Waals surface area contributed by atoms with E-state index in [2.05, 4.69) is 41.2 Å². The van der Waals surface area contributed by atoms with Gasteiger partial charge in [0.2, 0.25) is 58.0 Å². The Labute approximate surface area is 796 Å². The first kappa shape index (κ1) is 102. The van der Waals surface area contributed by atoms with Crippen molar-refractivity contribution in [1.29, 1.82) is 0 Å². The minimum atomic E-state index is -1.75. The number of anilines is 2. The standard InChI is InChI=1S/C78H106N24O28.Cu.Gd/c1-73(117-7)75(3,119-9)127-61-59(125-73)67-82-65-57-45(123-33-31-101-35-47(89-91-101)79-49(103)37-93-15-19-95(39-51(105)106)23-27-99(43-55(113)114)28-24-96(20-16-93)40-52(107)108)13-14-46(124-34-32-102-36-48(90-92-102)80-50(104)38-94-17-21-97(41-53(109)110)25-29-100(44-56(115)116)30-26-98(22-18-94)42-54(111)112)58(57)66(81-65)83-68-60-62(128-76(4,120-10)74(2,118-8)126-60)70(85-68)87-72-64-63(71(88-72)86-69(61)84-67)129-77(5,121-11)78(6,122-12)130-64;;/h13-14,35-36H,15-34,37-44H2,1-12H3,(H,79,103)(H,80,104)(H,105,106)(H,107,108)(H,109,110)(H,111,112)(H,113,114)(H,115,116)(H2,81,82,83,84,85,86,87,88);;/q;+2;+3/t73-,74-,75-,76-,77-,78-;;/m1../s1. The first-order valence-electron chi connectivity index (χ1n) is 41.3. The van der Waals surface area contributed by atoms with Crippen molar-refractivity contribution in [2.45, 2.75) is 89.4 Å². The molecule has 1 aromatic carbocycles. The van der Waals surface area contributed by atoms with E-state index in [9.17, 15) is 69.0 Å². The predicted molar refractivity (Wildman–Crippen MR) is 446 cm³/mol. The number of fused-ring (bicyclic) bond motifs is 19. The monoisotopic (exact) mass is 2050 g/mol. The fraction of sp³-hybridized carbons (Fsp3) is 0.590. The van der Waals surface area contributed by atoms with Gasteiger partial charge in [-0.25, -0.2) is 39.3 Å². The van der Waals surface area contributed by atoms with E-state index in [1.54, 1.807) is 92.9 Å². The summed E-state index contributed by atoms with van der Waals surface area (Å²) < 4.78 is 93.0. The Hall–Kier alpha value is -10.5. The number of carboxylic acids is 6. The van der Waals surface area contributed by atoms with Crippen LogP contribution in [0.1, 0.15) is 53.2 Å². The summed E-state index contributed by atoms with van der Waals surface area (Å²) in [5.74, 6) is -18.8. The molecule has 12 heterocycles. The van der Waals surface area contributed by atoms with Crippen LogP contribution in [0.3, 0.4) is 0 Å². The molecule has 10 N–H and O–H groups in total. The van der Waals surface area contributed by atoms with Crippen molar-refractivity contribution in [3.63, 3.8) is 0 Å². The number of rotatable bonds is 32. The van der Waals surface area contributed by atoms with E-state index in [0.717, 1.165) is 0 Å². The topological polar surface area (TPSA) is 607 Å². The summed E-state index contributed by atoms with van der Waals surface area (Å²) in [7, 11) is 8.36. The van der Waals surface area contributed by atoms with Crippen molar-refractivity contribution >= 4 is 93.4 Å². The zero-order valence-electron chi connectivity index (χ0n) is 74.4. The Kier molecular flexibility index (Phi) is 33.4. The molecular formula is C78H106CuGdN24O28+5. The maximum atomic E-state index is 14.0. The van der Waals surface area contributed by atoms with E-state index in [1.165, 1.54) is 64.4 Å². The van der Waals surface area contributed by atoms with Gasteiger partial charge in [-0.05, 0) is 12.1 Å². The van der Waals surface area contributed by atoms with Gasteiger partial charge in [-0.3, -0.25) is 77.6 Å². The Morgan fingerprint density at radius 2 is 0.591 bits per heavy atom. The van der Waals surface area contributed by atoms with Gasteiger partial charge in [0.1, 0.15) is 24.7 Å². The van der Waals surface area contributed by atoms with Crippen molar-refractivity contribution in [3.8, 4) is 57.3 Å². The van der Waals surface area contributed by atoms with E-state index >= 15 is 0 Å². The molecule has 0 aliphatic carbocycles. The number of ether oxygens (including phenoxy) is 14. The van der Waals surface area contributed by atoms with E-state index in [1.807, 2.05) is 0 Å². The summed E-state index contributed by atoms with van der Waals surface area (Å²) in [6.45, 7) is 9.28. The average Bonchev–Trinajstić information content (AvgIpc) is 1.55. The molecule has 2 radical (unpaired) electrons. The quantitative estimate of drug-likeness (QED) is 0.0226. The molecular weight excluding hydrogens is 1940 g/mol. The summed E-state index contributed by atoms with van der Waals surface area (Å²) >= 11 is 0. The third kappa shape index (κ3) is 23.5. The van der Waals surface area contributed by atoms with Crippen LogP contribution < -0.4 is 39.1 Å². The van der Waals surface area contributed by atoms with Crippen LogP contribution in [0, 0.1) is 39.9 Å². The molecule has 2 amide bonds. The van der Waals surface area contributed by atoms with Crippen molar-refractivity contribution in [3.05, 3.63) is 36.2 Å². The van der Waals surface area contributed by atoms with Crippen LogP contribution >= 0.6 is 0 Å². The van der Waals surface area contributed by atoms with Gasteiger partial charge in [0, 0.05) is 189 Å². The van der Waals surface area contributed by atoms with Gasteiger partial charge in [0.15, 0.2) is 45.9 Å². The van der Waals surface area contributed by atoms with Gasteiger partial charge >= 0.3 is 92.8 Å². The molecule has 2 saturated heterocycles. The molecule has 0 saturated carbocycles. The number of amides is 2. The number of carboxylic acid groups (broad SMARTS) is 6. The van der Waals surface area contributed by atoms with Gasteiger partial charge in [-0.2, -0.15) is 0 Å². The number of H-pyrrole nitrogens is 2. The minimum Gasteiger partial charge on any atom is -0.491 e. The Bertz CT molecular complexity index is 5380. The summed E-state index contributed by atoms with van der Waals surface area (Å²) in [4.78, 5) is 150. The van der Waals surface area contributed by atoms with Crippen LogP contribution in [0.25, 0.3) is 56.9 Å². The third-order valence-electron chi connectivity index (χ3n) is 23.3.